The van der Waals surface area contributed by atoms with E-state index in [0.717, 1.165) is 19.3 Å². The van der Waals surface area contributed by atoms with Gasteiger partial charge in [-0.2, -0.15) is 0 Å². The number of fused-ring (bicyclic) bond motifs is 2. The monoisotopic (exact) mass is 275 g/mol. The molecular weight excluding hydrogens is 254 g/mol. The van der Waals surface area contributed by atoms with E-state index in [9.17, 15) is 13.2 Å². The first-order valence-corrected chi connectivity index (χ1v) is 8.35. The number of sulfone groups is 1. The second-order valence-corrected chi connectivity index (χ2v) is 7.47. The summed E-state index contributed by atoms with van der Waals surface area (Å²) >= 11 is 0. The Labute approximate surface area is 108 Å². The Kier molecular flexibility index (Phi) is 4.27. The molecule has 0 aromatic rings. The molecule has 2 saturated heterocycles. The highest BCUT2D eigenvalue weighted by Crippen LogP contribution is 2.32. The van der Waals surface area contributed by atoms with Crippen LogP contribution in [0.5, 0.6) is 0 Å². The number of nitrogens with zero attached hydrogens (tertiary/aromatic N) is 1. The Morgan fingerprint density at radius 1 is 1.39 bits per heavy atom. The molecule has 0 radical (unpaired) electrons. The fourth-order valence-electron chi connectivity index (χ4n) is 2.70. The van der Waals surface area contributed by atoms with E-state index in [-0.39, 0.29) is 29.6 Å². The van der Waals surface area contributed by atoms with Crippen molar-refractivity contribution in [2.24, 2.45) is 0 Å². The van der Waals surface area contributed by atoms with Crippen LogP contribution in [-0.4, -0.2) is 56.0 Å². The van der Waals surface area contributed by atoms with Gasteiger partial charge in [0.25, 0.3) is 0 Å². The Hall–Kier alpha value is -0.620. The fourth-order valence-corrected chi connectivity index (χ4v) is 4.73. The standard InChI is InChI=1S/C12H21NO4S/c1-2-3-4-5-17-8-12(14)13-7-11-6-10(13)9-18(11,15)16/h10-11H,2-9H2,1H3. The summed E-state index contributed by atoms with van der Waals surface area (Å²) in [7, 11) is -2.92. The zero-order valence-electron chi connectivity index (χ0n) is 10.8. The lowest BCUT2D eigenvalue weighted by Crippen LogP contribution is -2.45. The minimum atomic E-state index is -2.92. The van der Waals surface area contributed by atoms with Crippen LogP contribution in [0.2, 0.25) is 0 Å². The van der Waals surface area contributed by atoms with E-state index >= 15 is 0 Å². The van der Waals surface area contributed by atoms with Gasteiger partial charge in [0.1, 0.15) is 6.61 Å². The topological polar surface area (TPSA) is 63.7 Å². The Morgan fingerprint density at radius 2 is 2.17 bits per heavy atom. The third kappa shape index (κ3) is 2.85. The molecule has 0 spiro atoms. The SMILES string of the molecule is CCCCCOCC(=O)N1CC2CC1CS2(=O)=O. The molecule has 2 aliphatic rings. The highest BCUT2D eigenvalue weighted by molar-refractivity contribution is 7.92. The quantitative estimate of drug-likeness (QED) is 0.666. The van der Waals surface area contributed by atoms with Crippen LogP contribution >= 0.6 is 0 Å². The predicted octanol–water partition coefficient (Wildman–Crippen LogP) is 0.591. The molecule has 2 aliphatic heterocycles. The van der Waals surface area contributed by atoms with E-state index in [4.69, 9.17) is 4.74 Å². The summed E-state index contributed by atoms with van der Waals surface area (Å²) in [4.78, 5) is 13.6. The summed E-state index contributed by atoms with van der Waals surface area (Å²) in [5.41, 5.74) is 0. The van der Waals surface area contributed by atoms with E-state index < -0.39 is 9.84 Å². The molecule has 2 bridgehead atoms. The highest BCUT2D eigenvalue weighted by atomic mass is 32.2. The molecule has 0 aromatic heterocycles. The molecule has 2 fully saturated rings. The van der Waals surface area contributed by atoms with Gasteiger partial charge in [-0.15, -0.1) is 0 Å². The van der Waals surface area contributed by atoms with Crippen LogP contribution in [0.25, 0.3) is 0 Å². The lowest BCUT2D eigenvalue weighted by atomic mass is 10.2. The second-order valence-electron chi connectivity index (χ2n) is 5.15. The maximum Gasteiger partial charge on any atom is 0.248 e. The van der Waals surface area contributed by atoms with Crippen molar-refractivity contribution in [3.63, 3.8) is 0 Å². The first-order chi connectivity index (χ1) is 8.54. The van der Waals surface area contributed by atoms with Gasteiger partial charge in [0, 0.05) is 19.2 Å². The van der Waals surface area contributed by atoms with Crippen molar-refractivity contribution in [1.82, 2.24) is 4.90 Å². The number of rotatable bonds is 6. The molecule has 1 amide bonds. The van der Waals surface area contributed by atoms with Crippen LogP contribution in [-0.2, 0) is 19.4 Å². The predicted molar refractivity (Wildman–Crippen MR) is 68.0 cm³/mol. The minimum Gasteiger partial charge on any atom is -0.372 e. The first-order valence-electron chi connectivity index (χ1n) is 6.63. The molecule has 104 valence electrons. The number of ether oxygens (including phenoxy) is 1. The van der Waals surface area contributed by atoms with Crippen LogP contribution in [0.4, 0.5) is 0 Å². The van der Waals surface area contributed by atoms with Crippen molar-refractivity contribution in [2.75, 3.05) is 25.5 Å². The molecule has 0 aliphatic carbocycles. The largest absolute Gasteiger partial charge is 0.372 e. The van der Waals surface area contributed by atoms with Gasteiger partial charge in [-0.3, -0.25) is 4.79 Å². The van der Waals surface area contributed by atoms with Crippen LogP contribution in [0.1, 0.15) is 32.6 Å². The van der Waals surface area contributed by atoms with Crippen LogP contribution in [0.15, 0.2) is 0 Å². The van der Waals surface area contributed by atoms with Gasteiger partial charge in [-0.05, 0) is 12.8 Å². The van der Waals surface area contributed by atoms with Crippen molar-refractivity contribution in [1.29, 1.82) is 0 Å². The highest BCUT2D eigenvalue weighted by Gasteiger charge is 2.49. The number of likely N-dealkylation sites (tertiary alicyclic amines) is 1. The van der Waals surface area contributed by atoms with Gasteiger partial charge >= 0.3 is 0 Å². The zero-order valence-corrected chi connectivity index (χ0v) is 11.6. The van der Waals surface area contributed by atoms with Gasteiger partial charge in [0.05, 0.1) is 11.0 Å². The molecule has 2 atom stereocenters. The van der Waals surface area contributed by atoms with E-state index in [0.29, 0.717) is 19.6 Å². The molecule has 0 saturated carbocycles. The van der Waals surface area contributed by atoms with Gasteiger partial charge in [-0.1, -0.05) is 19.8 Å². The zero-order chi connectivity index (χ0) is 13.2. The van der Waals surface area contributed by atoms with E-state index in [1.165, 1.54) is 0 Å². The Morgan fingerprint density at radius 3 is 2.72 bits per heavy atom. The van der Waals surface area contributed by atoms with Gasteiger partial charge in [0.15, 0.2) is 9.84 Å². The lowest BCUT2D eigenvalue weighted by Gasteiger charge is -2.26. The summed E-state index contributed by atoms with van der Waals surface area (Å²) < 4.78 is 28.4. The van der Waals surface area contributed by atoms with E-state index in [1.54, 1.807) is 4.90 Å². The van der Waals surface area contributed by atoms with Crippen LogP contribution < -0.4 is 0 Å². The number of carbonyl (C=O) groups excluding carboxylic acids is 1. The Bertz CT molecular complexity index is 406. The summed E-state index contributed by atoms with van der Waals surface area (Å²) in [5, 5.41) is -0.327. The van der Waals surface area contributed by atoms with Crippen molar-refractivity contribution in [3.05, 3.63) is 0 Å². The van der Waals surface area contributed by atoms with E-state index in [1.807, 2.05) is 0 Å². The average molecular weight is 275 g/mol. The number of hydrogen-bond donors (Lipinski definition) is 0. The summed E-state index contributed by atoms with van der Waals surface area (Å²) in [6, 6.07) is -0.105. The number of carbonyl (C=O) groups is 1. The molecule has 2 rings (SSSR count). The molecule has 0 aromatic carbocycles. The summed E-state index contributed by atoms with van der Waals surface area (Å²) in [6.07, 6.45) is 3.83. The normalized spacial score (nSPS) is 28.8. The molecule has 2 unspecified atom stereocenters. The number of hydrogen-bond acceptors (Lipinski definition) is 4. The lowest BCUT2D eigenvalue weighted by molar-refractivity contribution is -0.136. The maximum atomic E-state index is 11.9. The van der Waals surface area contributed by atoms with Gasteiger partial charge < -0.3 is 9.64 Å². The third-order valence-electron chi connectivity index (χ3n) is 3.75. The van der Waals surface area contributed by atoms with Crippen molar-refractivity contribution < 1.29 is 17.9 Å². The fraction of sp³-hybridized carbons (Fsp3) is 0.917. The van der Waals surface area contributed by atoms with Crippen molar-refractivity contribution in [3.8, 4) is 0 Å². The van der Waals surface area contributed by atoms with E-state index in [2.05, 4.69) is 6.92 Å². The van der Waals surface area contributed by atoms with Gasteiger partial charge in [0.2, 0.25) is 5.91 Å². The van der Waals surface area contributed by atoms with Gasteiger partial charge in [-0.25, -0.2) is 8.42 Å². The molecular formula is C12H21NO4S. The number of amides is 1. The molecule has 5 nitrogen and oxygen atoms in total. The first kappa shape index (κ1) is 13.8. The smallest absolute Gasteiger partial charge is 0.248 e. The average Bonchev–Trinajstić information content (AvgIpc) is 2.84. The van der Waals surface area contributed by atoms with Crippen molar-refractivity contribution >= 4 is 15.7 Å². The molecule has 18 heavy (non-hydrogen) atoms. The molecule has 0 N–H and O–H groups in total. The molecule has 2 heterocycles. The second kappa shape index (κ2) is 5.57. The van der Waals surface area contributed by atoms with Crippen LogP contribution in [0, 0.1) is 0 Å². The number of unbranched alkanes of at least 4 members (excludes halogenated alkanes) is 2. The van der Waals surface area contributed by atoms with Crippen LogP contribution in [0.3, 0.4) is 0 Å². The minimum absolute atomic E-state index is 0.0612. The third-order valence-corrected chi connectivity index (χ3v) is 5.95. The maximum absolute atomic E-state index is 11.9. The molecule has 6 heteroatoms. The summed E-state index contributed by atoms with van der Waals surface area (Å²) in [6.45, 7) is 3.18. The summed E-state index contributed by atoms with van der Waals surface area (Å²) in [5.74, 6) is 0.0769. The Balaban J connectivity index is 1.72. The van der Waals surface area contributed by atoms with Crippen molar-refractivity contribution in [2.45, 2.75) is 43.9 Å².